The Hall–Kier alpha value is -2.71. The molecule has 7 nitrogen and oxygen atoms in total. The molecule has 116 valence electrons. The minimum Gasteiger partial charge on any atom is -0.478 e. The summed E-state index contributed by atoms with van der Waals surface area (Å²) in [6, 6.07) is 11.9. The molecule has 2 aromatic carbocycles. The summed E-state index contributed by atoms with van der Waals surface area (Å²) in [5, 5.41) is 17.4. The molecular formula is C14H12O7S. The number of carbonyl (C=O) groups is 2. The van der Waals surface area contributed by atoms with Crippen molar-refractivity contribution in [2.45, 2.75) is 4.90 Å². The van der Waals surface area contributed by atoms with Crippen LogP contribution in [0.4, 0.5) is 0 Å². The maximum Gasteiger partial charge on any atom is 0.328 e. The number of aliphatic carboxylic acids is 2. The average molecular weight is 324 g/mol. The summed E-state index contributed by atoms with van der Waals surface area (Å²) in [5.74, 6) is -2.51. The molecule has 0 aliphatic carbocycles. The highest BCUT2D eigenvalue weighted by Gasteiger charge is 2.08. The largest absolute Gasteiger partial charge is 0.478 e. The molecule has 2 aromatic rings. The van der Waals surface area contributed by atoms with E-state index in [0.717, 1.165) is 10.8 Å². The third-order valence-corrected chi connectivity index (χ3v) is 3.24. The van der Waals surface area contributed by atoms with Crippen molar-refractivity contribution in [3.63, 3.8) is 0 Å². The molecule has 3 N–H and O–H groups in total. The third kappa shape index (κ3) is 5.73. The van der Waals surface area contributed by atoms with Crippen LogP contribution in [0.3, 0.4) is 0 Å². The number of carboxylic acids is 2. The second kappa shape index (κ2) is 7.34. The van der Waals surface area contributed by atoms with Gasteiger partial charge >= 0.3 is 11.9 Å². The average Bonchev–Trinajstić information content (AvgIpc) is 2.44. The zero-order valence-corrected chi connectivity index (χ0v) is 11.9. The van der Waals surface area contributed by atoms with E-state index in [1.165, 1.54) is 12.1 Å². The summed E-state index contributed by atoms with van der Waals surface area (Å²) in [5.41, 5.74) is 0. The first-order valence-corrected chi connectivity index (χ1v) is 7.24. The summed E-state index contributed by atoms with van der Waals surface area (Å²) < 4.78 is 30.5. The van der Waals surface area contributed by atoms with Crippen LogP contribution in [-0.2, 0) is 19.7 Å². The number of fused-ring (bicyclic) bond motifs is 1. The van der Waals surface area contributed by atoms with Crippen LogP contribution in [0.15, 0.2) is 59.5 Å². The van der Waals surface area contributed by atoms with Crippen LogP contribution in [0.5, 0.6) is 0 Å². The number of carboxylic acid groups (broad SMARTS) is 2. The summed E-state index contributed by atoms with van der Waals surface area (Å²) >= 11 is 0. The van der Waals surface area contributed by atoms with E-state index in [9.17, 15) is 18.0 Å². The maximum absolute atomic E-state index is 10.8. The smallest absolute Gasteiger partial charge is 0.328 e. The molecule has 0 radical (unpaired) electrons. The van der Waals surface area contributed by atoms with Crippen LogP contribution in [0.1, 0.15) is 0 Å². The SMILES string of the molecule is O=C(O)/C=C/C(=O)O.O=S(=O)(O)c1ccc2ccccc2c1. The lowest BCUT2D eigenvalue weighted by molar-refractivity contribution is -0.134. The van der Waals surface area contributed by atoms with Gasteiger partial charge in [-0.25, -0.2) is 9.59 Å². The van der Waals surface area contributed by atoms with Crippen LogP contribution in [0.25, 0.3) is 10.8 Å². The third-order valence-electron chi connectivity index (χ3n) is 2.39. The van der Waals surface area contributed by atoms with E-state index in [0.29, 0.717) is 12.2 Å². The lowest BCUT2D eigenvalue weighted by atomic mass is 10.1. The van der Waals surface area contributed by atoms with Gasteiger partial charge in [0.1, 0.15) is 0 Å². The highest BCUT2D eigenvalue weighted by Crippen LogP contribution is 2.18. The van der Waals surface area contributed by atoms with E-state index in [2.05, 4.69) is 0 Å². The van der Waals surface area contributed by atoms with E-state index >= 15 is 0 Å². The molecule has 0 fully saturated rings. The topological polar surface area (TPSA) is 129 Å². The van der Waals surface area contributed by atoms with Crippen molar-refractivity contribution in [3.8, 4) is 0 Å². The standard InChI is InChI=1S/C10H8O3S.C4H4O4/c11-14(12,13)10-6-5-8-3-1-2-4-9(8)7-10;5-3(6)1-2-4(7)8/h1-7H,(H,11,12,13);1-2H,(H,5,6)(H,7,8)/b;2-1+. The summed E-state index contributed by atoms with van der Waals surface area (Å²) in [6.45, 7) is 0. The van der Waals surface area contributed by atoms with Crippen molar-refractivity contribution in [2.75, 3.05) is 0 Å². The molecule has 0 saturated heterocycles. The Morgan fingerprint density at radius 2 is 1.36 bits per heavy atom. The van der Waals surface area contributed by atoms with E-state index in [4.69, 9.17) is 14.8 Å². The van der Waals surface area contributed by atoms with Crippen molar-refractivity contribution in [1.29, 1.82) is 0 Å². The van der Waals surface area contributed by atoms with E-state index < -0.39 is 22.1 Å². The lowest BCUT2D eigenvalue weighted by Gasteiger charge is -1.99. The van der Waals surface area contributed by atoms with E-state index in [1.54, 1.807) is 12.1 Å². The zero-order chi connectivity index (χ0) is 16.8. The van der Waals surface area contributed by atoms with Gasteiger partial charge in [0.05, 0.1) is 4.90 Å². The molecule has 0 saturated carbocycles. The normalized spacial score (nSPS) is 11.0. The molecule has 0 spiro atoms. The lowest BCUT2D eigenvalue weighted by Crippen LogP contribution is -1.97. The van der Waals surface area contributed by atoms with Gasteiger partial charge in [-0.15, -0.1) is 0 Å². The van der Waals surface area contributed by atoms with Gasteiger partial charge in [-0.3, -0.25) is 4.55 Å². The molecule has 0 amide bonds. The van der Waals surface area contributed by atoms with Gasteiger partial charge in [0.2, 0.25) is 0 Å². The van der Waals surface area contributed by atoms with Gasteiger partial charge in [0.25, 0.3) is 10.1 Å². The van der Waals surface area contributed by atoms with Gasteiger partial charge in [0.15, 0.2) is 0 Å². The summed E-state index contributed by atoms with van der Waals surface area (Å²) in [7, 11) is -4.09. The van der Waals surface area contributed by atoms with Crippen molar-refractivity contribution in [3.05, 3.63) is 54.6 Å². The Balaban J connectivity index is 0.000000261. The minimum absolute atomic E-state index is 0.0730. The highest BCUT2D eigenvalue weighted by molar-refractivity contribution is 7.85. The van der Waals surface area contributed by atoms with Crippen LogP contribution < -0.4 is 0 Å². The van der Waals surface area contributed by atoms with E-state index in [1.807, 2.05) is 18.2 Å². The molecule has 0 aliphatic heterocycles. The Labute approximate surface area is 125 Å². The first kappa shape index (κ1) is 17.3. The fraction of sp³-hybridized carbons (Fsp3) is 0. The molecule has 2 rings (SSSR count). The first-order valence-electron chi connectivity index (χ1n) is 5.80. The predicted octanol–water partition coefficient (Wildman–Crippen LogP) is 1.80. The number of benzene rings is 2. The number of hydrogen-bond donors (Lipinski definition) is 3. The van der Waals surface area contributed by atoms with Gasteiger partial charge in [-0.1, -0.05) is 30.3 Å². The quantitative estimate of drug-likeness (QED) is 0.580. The van der Waals surface area contributed by atoms with Gasteiger partial charge in [-0.2, -0.15) is 8.42 Å². The summed E-state index contributed by atoms with van der Waals surface area (Å²) in [6.07, 6.45) is 1.12. The van der Waals surface area contributed by atoms with Gasteiger partial charge < -0.3 is 10.2 Å². The number of rotatable bonds is 3. The Kier molecular flexibility index (Phi) is 5.79. The Bertz CT molecular complexity index is 806. The zero-order valence-electron chi connectivity index (χ0n) is 11.1. The van der Waals surface area contributed by atoms with Crippen molar-refractivity contribution < 1.29 is 32.8 Å². The highest BCUT2D eigenvalue weighted by atomic mass is 32.2. The van der Waals surface area contributed by atoms with Crippen molar-refractivity contribution in [1.82, 2.24) is 0 Å². The molecule has 0 atom stereocenters. The monoisotopic (exact) mass is 324 g/mol. The summed E-state index contributed by atoms with van der Waals surface area (Å²) in [4.78, 5) is 19.0. The van der Waals surface area contributed by atoms with Crippen LogP contribution in [-0.4, -0.2) is 35.1 Å². The molecule has 8 heteroatoms. The second-order valence-electron chi connectivity index (χ2n) is 3.99. The van der Waals surface area contributed by atoms with Crippen LogP contribution >= 0.6 is 0 Å². The second-order valence-corrected chi connectivity index (χ2v) is 5.42. The van der Waals surface area contributed by atoms with Crippen molar-refractivity contribution >= 4 is 32.8 Å². The fourth-order valence-electron chi connectivity index (χ4n) is 1.47. The molecule has 0 heterocycles. The van der Waals surface area contributed by atoms with Crippen LogP contribution in [0, 0.1) is 0 Å². The number of hydrogen-bond acceptors (Lipinski definition) is 4. The van der Waals surface area contributed by atoms with Crippen LogP contribution in [0.2, 0.25) is 0 Å². The first-order chi connectivity index (χ1) is 10.2. The molecule has 0 aromatic heterocycles. The van der Waals surface area contributed by atoms with E-state index in [-0.39, 0.29) is 4.90 Å². The fourth-order valence-corrected chi connectivity index (χ4v) is 1.99. The molecule has 0 unspecified atom stereocenters. The predicted molar refractivity (Wildman–Crippen MR) is 78.2 cm³/mol. The van der Waals surface area contributed by atoms with Crippen molar-refractivity contribution in [2.24, 2.45) is 0 Å². The maximum atomic E-state index is 10.8. The molecular weight excluding hydrogens is 312 g/mol. The minimum atomic E-state index is -4.09. The van der Waals surface area contributed by atoms with Gasteiger partial charge in [-0.05, 0) is 22.9 Å². The molecule has 0 bridgehead atoms. The molecule has 0 aliphatic rings. The van der Waals surface area contributed by atoms with Gasteiger partial charge in [0, 0.05) is 12.2 Å². The Morgan fingerprint density at radius 3 is 1.82 bits per heavy atom. The molecule has 22 heavy (non-hydrogen) atoms. The Morgan fingerprint density at radius 1 is 0.864 bits per heavy atom.